The van der Waals surface area contributed by atoms with Crippen molar-refractivity contribution < 1.29 is 19.1 Å². The lowest BCUT2D eigenvalue weighted by atomic mass is 10.1. The summed E-state index contributed by atoms with van der Waals surface area (Å²) in [5.74, 6) is -0.560. The number of aryl methyl sites for hydroxylation is 2. The van der Waals surface area contributed by atoms with Gasteiger partial charge in [0.05, 0.1) is 27.7 Å². The minimum absolute atomic E-state index is 0.151. The Hall–Kier alpha value is -2.48. The molecule has 0 aliphatic heterocycles. The van der Waals surface area contributed by atoms with Crippen LogP contribution in [0.2, 0.25) is 10.0 Å². The molecule has 0 atom stereocenters. The van der Waals surface area contributed by atoms with Crippen LogP contribution in [0, 0.1) is 6.92 Å². The number of halogens is 2. The highest BCUT2D eigenvalue weighted by Crippen LogP contribution is 2.29. The molecule has 0 spiro atoms. The Balaban J connectivity index is 1.55. The average Bonchev–Trinajstić information content (AvgIpc) is 3.10. The van der Waals surface area contributed by atoms with Crippen LogP contribution in [-0.4, -0.2) is 39.5 Å². The molecule has 9 heteroatoms. The molecule has 2 aromatic carbocycles. The Kier molecular flexibility index (Phi) is 7.54. The lowest BCUT2D eigenvalue weighted by Gasteiger charge is -2.20. The van der Waals surface area contributed by atoms with Crippen LogP contribution in [0.3, 0.4) is 0 Å². The van der Waals surface area contributed by atoms with Gasteiger partial charge >= 0.3 is 5.97 Å². The molecule has 1 aromatic heterocycles. The van der Waals surface area contributed by atoms with E-state index < -0.39 is 11.6 Å². The Morgan fingerprint density at radius 1 is 1.19 bits per heavy atom. The molecule has 0 fully saturated rings. The van der Waals surface area contributed by atoms with Gasteiger partial charge in [0.1, 0.15) is 17.4 Å². The predicted molar refractivity (Wildman–Crippen MR) is 124 cm³/mol. The number of fused-ring (bicyclic) bond motifs is 1. The predicted octanol–water partition coefficient (Wildman–Crippen LogP) is 5.42. The van der Waals surface area contributed by atoms with Crippen molar-refractivity contribution in [2.75, 3.05) is 6.61 Å². The van der Waals surface area contributed by atoms with Crippen LogP contribution >= 0.6 is 23.2 Å². The summed E-state index contributed by atoms with van der Waals surface area (Å²) in [4.78, 5) is 23.4. The standard InChI is InChI=1S/C23H25Cl2N3O4/c1-14-16(12-29)6-7-19-21(14)26-27-28(19)8-5-9-31-13-15-10-17(24)20(18(25)11-15)22(30)32-23(2,3)4/h6-7,10-12H,5,8-9,13H2,1-4H3. The minimum Gasteiger partial charge on any atom is -0.456 e. The largest absolute Gasteiger partial charge is 0.456 e. The molecule has 0 saturated heterocycles. The van der Waals surface area contributed by atoms with Gasteiger partial charge in [0.2, 0.25) is 0 Å². The fourth-order valence-corrected chi connectivity index (χ4v) is 3.90. The summed E-state index contributed by atoms with van der Waals surface area (Å²) in [5.41, 5.74) is 3.31. The third-order valence-electron chi connectivity index (χ3n) is 4.74. The second-order valence-corrected chi connectivity index (χ2v) is 9.23. The molecule has 0 aliphatic rings. The van der Waals surface area contributed by atoms with Gasteiger partial charge in [-0.05, 0) is 69.5 Å². The Labute approximate surface area is 196 Å². The fraction of sp³-hybridized carbons (Fsp3) is 0.391. The number of nitrogens with zero attached hydrogens (tertiary/aromatic N) is 3. The monoisotopic (exact) mass is 477 g/mol. The summed E-state index contributed by atoms with van der Waals surface area (Å²) in [5, 5.41) is 8.81. The lowest BCUT2D eigenvalue weighted by molar-refractivity contribution is 0.00697. The molecule has 0 unspecified atom stereocenters. The summed E-state index contributed by atoms with van der Waals surface area (Å²) >= 11 is 12.5. The third-order valence-corrected chi connectivity index (χ3v) is 5.34. The van der Waals surface area contributed by atoms with E-state index in [1.54, 1.807) is 43.7 Å². The van der Waals surface area contributed by atoms with Crippen LogP contribution in [0.4, 0.5) is 0 Å². The molecular weight excluding hydrogens is 453 g/mol. The Morgan fingerprint density at radius 3 is 2.50 bits per heavy atom. The van der Waals surface area contributed by atoms with E-state index in [4.69, 9.17) is 32.7 Å². The number of hydrogen-bond acceptors (Lipinski definition) is 6. The van der Waals surface area contributed by atoms with Crippen molar-refractivity contribution in [1.82, 2.24) is 15.0 Å². The van der Waals surface area contributed by atoms with Gasteiger partial charge in [0, 0.05) is 18.7 Å². The number of ether oxygens (including phenoxy) is 2. The number of rotatable bonds is 8. The van der Waals surface area contributed by atoms with E-state index in [0.717, 1.165) is 28.4 Å². The van der Waals surface area contributed by atoms with E-state index in [2.05, 4.69) is 10.3 Å². The zero-order chi connectivity index (χ0) is 23.5. The first-order valence-corrected chi connectivity index (χ1v) is 10.9. The van der Waals surface area contributed by atoms with Crippen LogP contribution in [0.1, 0.15) is 59.0 Å². The van der Waals surface area contributed by atoms with Gasteiger partial charge < -0.3 is 9.47 Å². The van der Waals surface area contributed by atoms with Gasteiger partial charge in [-0.1, -0.05) is 28.4 Å². The highest BCUT2D eigenvalue weighted by atomic mass is 35.5. The zero-order valence-corrected chi connectivity index (χ0v) is 20.0. The van der Waals surface area contributed by atoms with E-state index in [9.17, 15) is 9.59 Å². The van der Waals surface area contributed by atoms with Crippen LogP contribution in [0.15, 0.2) is 24.3 Å². The van der Waals surface area contributed by atoms with Crippen molar-refractivity contribution in [3.8, 4) is 0 Å². The van der Waals surface area contributed by atoms with E-state index in [0.29, 0.717) is 31.7 Å². The Morgan fingerprint density at radius 2 is 1.88 bits per heavy atom. The quantitative estimate of drug-likeness (QED) is 0.244. The van der Waals surface area contributed by atoms with E-state index in [1.165, 1.54) is 0 Å². The van der Waals surface area contributed by atoms with Gasteiger partial charge in [-0.3, -0.25) is 4.79 Å². The van der Waals surface area contributed by atoms with Crippen LogP contribution in [0.25, 0.3) is 11.0 Å². The van der Waals surface area contributed by atoms with Crippen LogP contribution in [-0.2, 0) is 22.6 Å². The van der Waals surface area contributed by atoms with Crippen molar-refractivity contribution in [2.45, 2.75) is 52.9 Å². The number of carbonyl (C=O) groups excluding carboxylic acids is 2. The van der Waals surface area contributed by atoms with Crippen molar-refractivity contribution in [3.05, 3.63) is 56.6 Å². The smallest absolute Gasteiger partial charge is 0.341 e. The van der Waals surface area contributed by atoms with E-state index >= 15 is 0 Å². The molecule has 32 heavy (non-hydrogen) atoms. The van der Waals surface area contributed by atoms with Crippen LogP contribution in [0.5, 0.6) is 0 Å². The molecule has 0 radical (unpaired) electrons. The van der Waals surface area contributed by atoms with Crippen molar-refractivity contribution in [3.63, 3.8) is 0 Å². The minimum atomic E-state index is -0.642. The molecule has 3 aromatic rings. The van der Waals surface area contributed by atoms with Gasteiger partial charge in [-0.25, -0.2) is 9.48 Å². The fourth-order valence-electron chi connectivity index (χ4n) is 3.22. The SMILES string of the molecule is Cc1c(C=O)ccc2c1nnn2CCCOCc1cc(Cl)c(C(=O)OC(C)(C)C)c(Cl)c1. The van der Waals surface area contributed by atoms with Gasteiger partial charge in [0.15, 0.2) is 0 Å². The molecule has 0 amide bonds. The molecule has 170 valence electrons. The second-order valence-electron chi connectivity index (χ2n) is 8.42. The molecule has 0 saturated carbocycles. The van der Waals surface area contributed by atoms with Crippen molar-refractivity contribution in [1.29, 1.82) is 0 Å². The summed E-state index contributed by atoms with van der Waals surface area (Å²) < 4.78 is 12.9. The molecular formula is C23H25Cl2N3O4. The summed E-state index contributed by atoms with van der Waals surface area (Å²) in [7, 11) is 0. The van der Waals surface area contributed by atoms with Gasteiger partial charge in [0.25, 0.3) is 0 Å². The highest BCUT2D eigenvalue weighted by molar-refractivity contribution is 6.39. The maximum atomic E-state index is 12.3. The highest BCUT2D eigenvalue weighted by Gasteiger charge is 2.23. The maximum Gasteiger partial charge on any atom is 0.341 e. The van der Waals surface area contributed by atoms with Crippen LogP contribution < -0.4 is 0 Å². The number of carbonyl (C=O) groups is 2. The molecule has 3 rings (SSSR count). The molecule has 0 N–H and O–H groups in total. The Bertz CT molecular complexity index is 1130. The number of aromatic nitrogens is 3. The summed E-state index contributed by atoms with van der Waals surface area (Å²) in [6, 6.07) is 6.94. The maximum absolute atomic E-state index is 12.3. The van der Waals surface area contributed by atoms with Gasteiger partial charge in [-0.2, -0.15) is 0 Å². The average molecular weight is 478 g/mol. The normalized spacial score (nSPS) is 11.7. The first-order valence-electron chi connectivity index (χ1n) is 10.2. The first kappa shape index (κ1) is 24.2. The molecule has 1 heterocycles. The third kappa shape index (κ3) is 5.65. The summed E-state index contributed by atoms with van der Waals surface area (Å²) in [6.45, 7) is 8.60. The van der Waals surface area contributed by atoms with E-state index in [-0.39, 0.29) is 15.6 Å². The van der Waals surface area contributed by atoms with E-state index in [1.807, 2.05) is 13.0 Å². The molecule has 0 bridgehead atoms. The number of benzene rings is 2. The summed E-state index contributed by atoms with van der Waals surface area (Å²) in [6.07, 6.45) is 1.53. The molecule has 7 nitrogen and oxygen atoms in total. The topological polar surface area (TPSA) is 83.3 Å². The van der Waals surface area contributed by atoms with Gasteiger partial charge in [-0.15, -0.1) is 5.10 Å². The first-order chi connectivity index (χ1) is 15.1. The number of hydrogen-bond donors (Lipinski definition) is 0. The van der Waals surface area contributed by atoms with Crippen molar-refractivity contribution in [2.24, 2.45) is 0 Å². The zero-order valence-electron chi connectivity index (χ0n) is 18.4. The van der Waals surface area contributed by atoms with Crippen molar-refractivity contribution >= 4 is 46.5 Å². The molecule has 0 aliphatic carbocycles. The second kappa shape index (κ2) is 9.98. The lowest BCUT2D eigenvalue weighted by Crippen LogP contribution is -2.24. The number of esters is 1. The number of aldehydes is 1.